The summed E-state index contributed by atoms with van der Waals surface area (Å²) in [5, 5.41) is 9.67. The molecule has 1 saturated heterocycles. The van der Waals surface area contributed by atoms with Crippen molar-refractivity contribution in [3.63, 3.8) is 0 Å². The molecular weight excluding hydrogens is 396 g/mol. The van der Waals surface area contributed by atoms with E-state index in [2.05, 4.69) is 22.0 Å². The van der Waals surface area contributed by atoms with E-state index < -0.39 is 0 Å². The van der Waals surface area contributed by atoms with Crippen LogP contribution in [-0.2, 0) is 18.4 Å². The molecular formula is C20H27ClN4O2S. The molecule has 0 aliphatic carbocycles. The molecule has 0 saturated carbocycles. The second-order valence-corrected chi connectivity index (χ2v) is 8.79. The molecule has 6 nitrogen and oxygen atoms in total. The Hall–Kier alpha value is -1.73. The molecule has 1 aliphatic rings. The van der Waals surface area contributed by atoms with Crippen LogP contribution in [-0.4, -0.2) is 43.4 Å². The van der Waals surface area contributed by atoms with Gasteiger partial charge in [-0.2, -0.15) is 0 Å². The third-order valence-electron chi connectivity index (χ3n) is 5.12. The van der Waals surface area contributed by atoms with E-state index >= 15 is 0 Å². The Kier molecular flexibility index (Phi) is 7.24. The zero-order valence-corrected chi connectivity index (χ0v) is 18.2. The zero-order chi connectivity index (χ0) is 20.1. The van der Waals surface area contributed by atoms with Crippen LogP contribution < -0.4 is 4.74 Å². The molecule has 28 heavy (non-hydrogen) atoms. The Labute approximate surface area is 175 Å². The number of aromatic nitrogens is 3. The summed E-state index contributed by atoms with van der Waals surface area (Å²) in [6, 6.07) is 7.57. The second-order valence-electron chi connectivity index (χ2n) is 7.05. The van der Waals surface area contributed by atoms with Gasteiger partial charge >= 0.3 is 0 Å². The molecule has 1 fully saturated rings. The molecule has 0 N–H and O–H groups in total. The number of hydrogen-bond acceptors (Lipinski definition) is 5. The van der Waals surface area contributed by atoms with Crippen LogP contribution in [0.1, 0.15) is 45.4 Å². The number of hydrogen-bond donors (Lipinski definition) is 0. The summed E-state index contributed by atoms with van der Waals surface area (Å²) in [4.78, 5) is 15.0. The first-order valence-electron chi connectivity index (χ1n) is 9.73. The predicted molar refractivity (Wildman–Crippen MR) is 112 cm³/mol. The first-order chi connectivity index (χ1) is 13.5. The van der Waals surface area contributed by atoms with E-state index in [-0.39, 0.29) is 11.2 Å². The van der Waals surface area contributed by atoms with E-state index in [1.54, 1.807) is 12.1 Å². The van der Waals surface area contributed by atoms with Crippen LogP contribution in [0.15, 0.2) is 29.4 Å². The molecule has 2 atom stereocenters. The predicted octanol–water partition coefficient (Wildman–Crippen LogP) is 4.32. The molecule has 1 aromatic carbocycles. The molecule has 8 heteroatoms. The van der Waals surface area contributed by atoms with Crippen molar-refractivity contribution in [3.8, 4) is 5.75 Å². The average molecular weight is 423 g/mol. The fourth-order valence-electron chi connectivity index (χ4n) is 3.41. The zero-order valence-electron chi connectivity index (χ0n) is 16.6. The Morgan fingerprint density at radius 3 is 2.79 bits per heavy atom. The first kappa shape index (κ1) is 21.0. The summed E-state index contributed by atoms with van der Waals surface area (Å²) in [7, 11) is 1.90. The van der Waals surface area contributed by atoms with Gasteiger partial charge in [-0.05, 0) is 56.9 Å². The molecule has 3 rings (SSSR count). The largest absolute Gasteiger partial charge is 0.486 e. The molecule has 1 aliphatic heterocycles. The summed E-state index contributed by atoms with van der Waals surface area (Å²) in [5.74, 6) is 1.63. The fourth-order valence-corrected chi connectivity index (χ4v) is 4.44. The quantitative estimate of drug-likeness (QED) is 0.622. The Balaban J connectivity index is 1.59. The van der Waals surface area contributed by atoms with Crippen LogP contribution in [0, 0.1) is 0 Å². The van der Waals surface area contributed by atoms with Crippen LogP contribution in [0.2, 0.25) is 5.02 Å². The highest BCUT2D eigenvalue weighted by atomic mass is 35.5. The van der Waals surface area contributed by atoms with Gasteiger partial charge in [0, 0.05) is 24.7 Å². The van der Waals surface area contributed by atoms with Gasteiger partial charge in [-0.15, -0.1) is 10.2 Å². The van der Waals surface area contributed by atoms with Crippen molar-refractivity contribution in [3.05, 3.63) is 35.1 Å². The van der Waals surface area contributed by atoms with Crippen molar-refractivity contribution in [2.75, 3.05) is 6.54 Å². The number of halogens is 1. The second kappa shape index (κ2) is 9.65. The highest BCUT2D eigenvalue weighted by Crippen LogP contribution is 2.27. The van der Waals surface area contributed by atoms with Crippen LogP contribution in [0.3, 0.4) is 0 Å². The lowest BCUT2D eigenvalue weighted by molar-refractivity contribution is -0.134. The molecule has 1 aromatic heterocycles. The van der Waals surface area contributed by atoms with Gasteiger partial charge in [0.2, 0.25) is 5.91 Å². The number of rotatable bonds is 7. The Morgan fingerprint density at radius 1 is 1.32 bits per heavy atom. The van der Waals surface area contributed by atoms with Gasteiger partial charge < -0.3 is 14.2 Å². The highest BCUT2D eigenvalue weighted by molar-refractivity contribution is 8.00. The Bertz CT molecular complexity index is 796. The van der Waals surface area contributed by atoms with Gasteiger partial charge in [-0.1, -0.05) is 30.3 Å². The molecule has 152 valence electrons. The number of carbonyl (C=O) groups is 1. The number of carbonyl (C=O) groups excluding carboxylic acids is 1. The number of benzene rings is 1. The van der Waals surface area contributed by atoms with E-state index in [1.165, 1.54) is 18.2 Å². The van der Waals surface area contributed by atoms with Gasteiger partial charge in [0.1, 0.15) is 12.4 Å². The Morgan fingerprint density at radius 2 is 2.07 bits per heavy atom. The highest BCUT2D eigenvalue weighted by Gasteiger charge is 2.30. The third-order valence-corrected chi connectivity index (χ3v) is 6.49. The number of nitrogens with zero attached hydrogens (tertiary/aromatic N) is 4. The van der Waals surface area contributed by atoms with E-state index in [0.29, 0.717) is 23.5 Å². The van der Waals surface area contributed by atoms with Gasteiger partial charge in [0.25, 0.3) is 0 Å². The molecule has 0 spiro atoms. The molecule has 0 radical (unpaired) electrons. The molecule has 0 bridgehead atoms. The molecule has 1 amide bonds. The van der Waals surface area contributed by atoms with E-state index in [9.17, 15) is 4.79 Å². The van der Waals surface area contributed by atoms with Gasteiger partial charge in [-0.3, -0.25) is 4.79 Å². The van der Waals surface area contributed by atoms with Crippen LogP contribution >= 0.6 is 23.4 Å². The number of ether oxygens (including phenoxy) is 1. The van der Waals surface area contributed by atoms with E-state index in [4.69, 9.17) is 16.3 Å². The van der Waals surface area contributed by atoms with Crippen molar-refractivity contribution < 1.29 is 9.53 Å². The van der Waals surface area contributed by atoms with Crippen molar-refractivity contribution in [2.45, 2.75) is 62.6 Å². The maximum Gasteiger partial charge on any atom is 0.236 e. The minimum Gasteiger partial charge on any atom is -0.486 e. The van der Waals surface area contributed by atoms with E-state index in [0.717, 1.165) is 36.7 Å². The molecule has 2 heterocycles. The van der Waals surface area contributed by atoms with Gasteiger partial charge in [0.05, 0.1) is 5.25 Å². The maximum atomic E-state index is 12.9. The summed E-state index contributed by atoms with van der Waals surface area (Å²) in [6.07, 6.45) is 4.43. The topological polar surface area (TPSA) is 60.3 Å². The number of piperidine rings is 1. The fraction of sp³-hybridized carbons (Fsp3) is 0.550. The lowest BCUT2D eigenvalue weighted by Gasteiger charge is -2.36. The van der Waals surface area contributed by atoms with Gasteiger partial charge in [0.15, 0.2) is 11.0 Å². The van der Waals surface area contributed by atoms with Crippen LogP contribution in [0.5, 0.6) is 5.75 Å². The number of thioether (sulfide) groups is 1. The smallest absolute Gasteiger partial charge is 0.236 e. The van der Waals surface area contributed by atoms with Gasteiger partial charge in [-0.25, -0.2) is 0 Å². The summed E-state index contributed by atoms with van der Waals surface area (Å²) in [5.41, 5.74) is 0. The lowest BCUT2D eigenvalue weighted by Crippen LogP contribution is -2.46. The average Bonchev–Trinajstić information content (AvgIpc) is 3.06. The number of likely N-dealkylation sites (tertiary alicyclic amines) is 1. The van der Waals surface area contributed by atoms with Crippen molar-refractivity contribution in [2.24, 2.45) is 7.05 Å². The SMILES string of the molecule is CCC1CCCCN1C(=O)C(C)Sc1nnc(COc2ccc(Cl)cc2)n1C. The standard InChI is InChI=1S/C20H27ClN4O2S/c1-4-16-7-5-6-12-25(16)19(26)14(2)28-20-23-22-18(24(20)3)13-27-17-10-8-15(21)9-11-17/h8-11,14,16H,4-7,12-13H2,1-3H3. The maximum absolute atomic E-state index is 12.9. The normalized spacial score (nSPS) is 18.1. The number of amides is 1. The van der Waals surface area contributed by atoms with Crippen molar-refractivity contribution in [1.29, 1.82) is 0 Å². The summed E-state index contributed by atoms with van der Waals surface area (Å²) >= 11 is 7.34. The summed E-state index contributed by atoms with van der Waals surface area (Å²) < 4.78 is 7.64. The lowest BCUT2D eigenvalue weighted by atomic mass is 10.00. The molecule has 2 aromatic rings. The van der Waals surface area contributed by atoms with Crippen LogP contribution in [0.4, 0.5) is 0 Å². The van der Waals surface area contributed by atoms with Crippen LogP contribution in [0.25, 0.3) is 0 Å². The molecule has 2 unspecified atom stereocenters. The minimum atomic E-state index is -0.194. The van der Waals surface area contributed by atoms with Crippen molar-refractivity contribution in [1.82, 2.24) is 19.7 Å². The van der Waals surface area contributed by atoms with Crippen molar-refractivity contribution >= 4 is 29.3 Å². The van der Waals surface area contributed by atoms with E-state index in [1.807, 2.05) is 30.7 Å². The first-order valence-corrected chi connectivity index (χ1v) is 11.0. The third kappa shape index (κ3) is 5.00. The minimum absolute atomic E-state index is 0.193. The monoisotopic (exact) mass is 422 g/mol. The summed E-state index contributed by atoms with van der Waals surface area (Å²) in [6.45, 7) is 5.27.